The second-order valence-electron chi connectivity index (χ2n) is 9.88. The number of ether oxygens (including phenoxy) is 1. The zero-order valence-electron chi connectivity index (χ0n) is 15.5. The number of aliphatic hydroxyl groups excluding tert-OH is 1. The Labute approximate surface area is 141 Å². The Morgan fingerprint density at radius 2 is 1.70 bits per heavy atom. The van der Waals surface area contributed by atoms with Crippen LogP contribution >= 0.6 is 0 Å². The molecule has 0 heterocycles. The quantitative estimate of drug-likeness (QED) is 0.772. The van der Waals surface area contributed by atoms with Crippen molar-refractivity contribution in [2.45, 2.75) is 78.7 Å². The summed E-state index contributed by atoms with van der Waals surface area (Å²) >= 11 is 0. The Morgan fingerprint density at radius 3 is 2.17 bits per heavy atom. The van der Waals surface area contributed by atoms with E-state index in [4.69, 9.17) is 4.74 Å². The van der Waals surface area contributed by atoms with Crippen molar-refractivity contribution in [3.63, 3.8) is 0 Å². The molecule has 4 saturated carbocycles. The van der Waals surface area contributed by atoms with Crippen molar-refractivity contribution in [1.29, 1.82) is 0 Å². The fraction of sp³-hybridized carbons (Fsp3) is 0.950. The van der Waals surface area contributed by atoms with Gasteiger partial charge in [-0.3, -0.25) is 4.79 Å². The summed E-state index contributed by atoms with van der Waals surface area (Å²) in [5.41, 5.74) is -0.631. The summed E-state index contributed by atoms with van der Waals surface area (Å²) < 4.78 is 6.08. The van der Waals surface area contributed by atoms with Crippen LogP contribution in [0.3, 0.4) is 0 Å². The molecule has 23 heavy (non-hydrogen) atoms. The molecule has 4 aliphatic rings. The van der Waals surface area contributed by atoms with Crippen molar-refractivity contribution in [2.24, 2.45) is 34.5 Å². The summed E-state index contributed by atoms with van der Waals surface area (Å²) in [7, 11) is 0. The van der Waals surface area contributed by atoms with Gasteiger partial charge in [0.05, 0.1) is 5.41 Å². The van der Waals surface area contributed by atoms with Crippen LogP contribution in [0.2, 0.25) is 0 Å². The third-order valence-corrected chi connectivity index (χ3v) is 7.33. The Bertz CT molecular complexity index is 463. The number of esters is 1. The third-order valence-electron chi connectivity index (χ3n) is 7.33. The fourth-order valence-corrected chi connectivity index (χ4v) is 6.11. The van der Waals surface area contributed by atoms with Gasteiger partial charge in [-0.15, -0.1) is 0 Å². The van der Waals surface area contributed by atoms with Gasteiger partial charge in [-0.2, -0.15) is 0 Å². The van der Waals surface area contributed by atoms with E-state index in [0.29, 0.717) is 24.4 Å². The Morgan fingerprint density at radius 1 is 1.13 bits per heavy atom. The normalized spacial score (nSPS) is 39.6. The average molecular weight is 322 g/mol. The minimum absolute atomic E-state index is 0.0596. The molecular weight excluding hydrogens is 288 g/mol. The maximum atomic E-state index is 12.6. The molecule has 2 atom stereocenters. The van der Waals surface area contributed by atoms with Crippen molar-refractivity contribution in [3.8, 4) is 0 Å². The number of rotatable bonds is 5. The van der Waals surface area contributed by atoms with E-state index < -0.39 is 11.0 Å². The van der Waals surface area contributed by atoms with Gasteiger partial charge >= 0.3 is 5.97 Å². The molecule has 4 bridgehead atoms. The standard InChI is InChI=1S/C20H34O3/c1-6-18(2,3)17(22)23-19(4,5)16-14-7-13-8-15(16)11-20(9-13,10-14)12-21/h13-16,21H,6-12H2,1-5H3. The lowest BCUT2D eigenvalue weighted by Crippen LogP contribution is -2.58. The molecule has 1 N–H and O–H groups in total. The molecule has 3 nitrogen and oxygen atoms in total. The highest BCUT2D eigenvalue weighted by molar-refractivity contribution is 5.76. The van der Waals surface area contributed by atoms with Gasteiger partial charge < -0.3 is 9.84 Å². The molecular formula is C20H34O3. The molecule has 0 saturated heterocycles. The van der Waals surface area contributed by atoms with Crippen LogP contribution in [0, 0.1) is 34.5 Å². The molecule has 0 aromatic heterocycles. The highest BCUT2D eigenvalue weighted by Gasteiger charge is 2.59. The van der Waals surface area contributed by atoms with Gasteiger partial charge in [0.25, 0.3) is 0 Å². The molecule has 0 radical (unpaired) electrons. The summed E-state index contributed by atoms with van der Waals surface area (Å²) in [5.74, 6) is 2.40. The second-order valence-corrected chi connectivity index (χ2v) is 9.88. The molecule has 2 unspecified atom stereocenters. The average Bonchev–Trinajstić information content (AvgIpc) is 2.45. The number of hydrogen-bond acceptors (Lipinski definition) is 3. The molecule has 0 amide bonds. The Hall–Kier alpha value is -0.570. The van der Waals surface area contributed by atoms with E-state index in [1.165, 1.54) is 19.3 Å². The molecule has 4 aliphatic carbocycles. The number of aliphatic hydroxyl groups is 1. The Kier molecular flexibility index (Phi) is 4.11. The number of hydrogen-bond donors (Lipinski definition) is 1. The van der Waals surface area contributed by atoms with Crippen LogP contribution in [0.4, 0.5) is 0 Å². The van der Waals surface area contributed by atoms with E-state index in [9.17, 15) is 9.90 Å². The monoisotopic (exact) mass is 322 g/mol. The summed E-state index contributed by atoms with van der Waals surface area (Å²) in [6.07, 6.45) is 6.79. The minimum Gasteiger partial charge on any atom is -0.459 e. The van der Waals surface area contributed by atoms with Gasteiger partial charge in [0.1, 0.15) is 5.60 Å². The summed E-state index contributed by atoms with van der Waals surface area (Å²) in [6.45, 7) is 10.6. The second kappa shape index (κ2) is 5.47. The zero-order chi connectivity index (χ0) is 17.0. The summed E-state index contributed by atoms with van der Waals surface area (Å²) in [4.78, 5) is 12.6. The van der Waals surface area contributed by atoms with E-state index >= 15 is 0 Å². The number of carbonyl (C=O) groups excluding carboxylic acids is 1. The molecule has 0 spiro atoms. The fourth-order valence-electron chi connectivity index (χ4n) is 6.11. The van der Waals surface area contributed by atoms with E-state index in [1.807, 2.05) is 20.8 Å². The predicted octanol–water partition coefficient (Wildman–Crippen LogP) is 4.18. The van der Waals surface area contributed by atoms with Gasteiger partial charge in [-0.05, 0) is 89.4 Å². The van der Waals surface area contributed by atoms with Crippen molar-refractivity contribution in [2.75, 3.05) is 6.61 Å². The molecule has 3 heteroatoms. The Balaban J connectivity index is 1.78. The lowest BCUT2D eigenvalue weighted by molar-refractivity contribution is -0.201. The largest absolute Gasteiger partial charge is 0.459 e. The SMILES string of the molecule is CCC(C)(C)C(=O)OC(C)(C)C1C2CC3CC1CC(CO)(C3)C2. The molecule has 132 valence electrons. The van der Waals surface area contributed by atoms with E-state index in [0.717, 1.165) is 25.2 Å². The highest BCUT2D eigenvalue weighted by Crippen LogP contribution is 2.64. The van der Waals surface area contributed by atoms with Crippen LogP contribution in [0.15, 0.2) is 0 Å². The minimum atomic E-state index is -0.407. The van der Waals surface area contributed by atoms with Crippen LogP contribution in [-0.2, 0) is 9.53 Å². The molecule has 4 fully saturated rings. The van der Waals surface area contributed by atoms with Crippen molar-refractivity contribution in [3.05, 3.63) is 0 Å². The lowest BCUT2D eigenvalue weighted by Gasteiger charge is -2.62. The van der Waals surface area contributed by atoms with Gasteiger partial charge in [-0.1, -0.05) is 6.92 Å². The van der Waals surface area contributed by atoms with Crippen molar-refractivity contribution in [1.82, 2.24) is 0 Å². The molecule has 4 rings (SSSR count). The van der Waals surface area contributed by atoms with Crippen LogP contribution in [0.5, 0.6) is 0 Å². The lowest BCUT2D eigenvalue weighted by atomic mass is 9.44. The molecule has 0 aliphatic heterocycles. The van der Waals surface area contributed by atoms with E-state index in [-0.39, 0.29) is 11.4 Å². The first-order valence-electron chi connectivity index (χ1n) is 9.47. The summed E-state index contributed by atoms with van der Waals surface area (Å²) in [5, 5.41) is 9.92. The van der Waals surface area contributed by atoms with Crippen LogP contribution in [-0.4, -0.2) is 23.3 Å². The predicted molar refractivity (Wildman–Crippen MR) is 90.8 cm³/mol. The van der Waals surface area contributed by atoms with Gasteiger partial charge in [0.2, 0.25) is 0 Å². The first-order valence-corrected chi connectivity index (χ1v) is 9.47. The van der Waals surface area contributed by atoms with Crippen LogP contribution < -0.4 is 0 Å². The third kappa shape index (κ3) is 2.83. The maximum Gasteiger partial charge on any atom is 0.312 e. The maximum absolute atomic E-state index is 12.6. The van der Waals surface area contributed by atoms with Crippen molar-refractivity contribution >= 4 is 5.97 Å². The van der Waals surface area contributed by atoms with Crippen LogP contribution in [0.25, 0.3) is 0 Å². The topological polar surface area (TPSA) is 46.5 Å². The van der Waals surface area contributed by atoms with E-state index in [1.54, 1.807) is 0 Å². The number of carbonyl (C=O) groups is 1. The van der Waals surface area contributed by atoms with Gasteiger partial charge in [0.15, 0.2) is 0 Å². The van der Waals surface area contributed by atoms with Gasteiger partial charge in [0, 0.05) is 12.5 Å². The van der Waals surface area contributed by atoms with E-state index in [2.05, 4.69) is 13.8 Å². The highest BCUT2D eigenvalue weighted by atomic mass is 16.6. The van der Waals surface area contributed by atoms with Crippen LogP contribution in [0.1, 0.15) is 73.1 Å². The smallest absolute Gasteiger partial charge is 0.312 e. The first-order chi connectivity index (χ1) is 10.6. The molecule has 0 aromatic rings. The van der Waals surface area contributed by atoms with Gasteiger partial charge in [-0.25, -0.2) is 0 Å². The first kappa shape index (κ1) is 17.3. The zero-order valence-corrected chi connectivity index (χ0v) is 15.5. The summed E-state index contributed by atoms with van der Waals surface area (Å²) in [6, 6.07) is 0. The molecule has 0 aromatic carbocycles. The van der Waals surface area contributed by atoms with Crippen molar-refractivity contribution < 1.29 is 14.6 Å².